The Morgan fingerprint density at radius 2 is 1.88 bits per heavy atom. The molecule has 0 saturated carbocycles. The lowest BCUT2D eigenvalue weighted by Crippen LogP contribution is -2.58. The van der Waals surface area contributed by atoms with Gasteiger partial charge in [0.25, 0.3) is 0 Å². The second-order valence-electron chi connectivity index (χ2n) is 6.87. The fraction of sp³-hybridized carbons (Fsp3) is 0.875. The lowest BCUT2D eigenvalue weighted by molar-refractivity contribution is -0.285. The van der Waals surface area contributed by atoms with Crippen molar-refractivity contribution in [3.8, 4) is 0 Å². The lowest BCUT2D eigenvalue weighted by Gasteiger charge is -2.44. The number of Topliss-reactive ketones (excluding diaryl/α,β-unsaturated/α-hetero) is 1. The molecule has 0 bridgehead atoms. The van der Waals surface area contributed by atoms with Gasteiger partial charge in [0.15, 0.2) is 5.78 Å². The first-order valence-corrected chi connectivity index (χ1v) is 8.44. The van der Waals surface area contributed by atoms with Crippen molar-refractivity contribution in [2.75, 3.05) is 6.61 Å². The number of carbonyl (C=O) groups excluding carboxylic acids is 2. The maximum Gasteiger partial charge on any atom is 0.325 e. The van der Waals surface area contributed by atoms with Gasteiger partial charge in [-0.3, -0.25) is 9.59 Å². The molecule has 0 aromatic rings. The zero-order valence-corrected chi connectivity index (χ0v) is 15.1. The summed E-state index contributed by atoms with van der Waals surface area (Å²) >= 11 is 0. The van der Waals surface area contributed by atoms with Crippen LogP contribution in [0.4, 0.5) is 0 Å². The summed E-state index contributed by atoms with van der Waals surface area (Å²) in [5.74, 6) is -4.70. The van der Waals surface area contributed by atoms with E-state index in [1.165, 1.54) is 13.8 Å². The normalized spacial score (nSPS) is 33.8. The predicted molar refractivity (Wildman–Crippen MR) is 87.5 cm³/mol. The Labute approximate surface area is 151 Å². The summed E-state index contributed by atoms with van der Waals surface area (Å²) in [4.78, 5) is 23.2. The Kier molecular flexibility index (Phi) is 8.08. The van der Waals surface area contributed by atoms with Crippen LogP contribution in [-0.2, 0) is 19.1 Å². The summed E-state index contributed by atoms with van der Waals surface area (Å²) in [7, 11) is 0. The molecule has 4 unspecified atom stereocenters. The summed E-state index contributed by atoms with van der Waals surface area (Å²) in [6.07, 6.45) is -6.35. The van der Waals surface area contributed by atoms with Crippen LogP contribution in [0, 0.1) is 5.92 Å². The van der Waals surface area contributed by atoms with E-state index in [1.54, 1.807) is 0 Å². The fourth-order valence-electron chi connectivity index (χ4n) is 2.92. The van der Waals surface area contributed by atoms with Gasteiger partial charge in [-0.15, -0.1) is 0 Å². The van der Waals surface area contributed by atoms with Gasteiger partial charge in [-0.2, -0.15) is 0 Å². The molecule has 26 heavy (non-hydrogen) atoms. The highest BCUT2D eigenvalue weighted by atomic mass is 16.6. The van der Waals surface area contributed by atoms with Crippen LogP contribution in [-0.4, -0.2) is 86.2 Å². The topological polar surface area (TPSA) is 180 Å². The lowest BCUT2D eigenvalue weighted by atomic mass is 9.81. The number of carbonyl (C=O) groups is 2. The number of nitrogens with two attached hydrogens (primary N) is 1. The number of aliphatic hydroxyl groups is 5. The molecular weight excluding hydrogens is 350 g/mol. The van der Waals surface area contributed by atoms with E-state index in [1.807, 2.05) is 0 Å². The van der Waals surface area contributed by atoms with E-state index >= 15 is 0 Å². The van der Waals surface area contributed by atoms with Crippen LogP contribution in [0.2, 0.25) is 0 Å². The molecule has 0 spiro atoms. The monoisotopic (exact) mass is 379 g/mol. The van der Waals surface area contributed by atoms with Crippen LogP contribution >= 0.6 is 0 Å². The highest BCUT2D eigenvalue weighted by Crippen LogP contribution is 2.36. The first-order valence-electron chi connectivity index (χ1n) is 8.44. The van der Waals surface area contributed by atoms with Crippen LogP contribution in [0.3, 0.4) is 0 Å². The number of hydrogen-bond donors (Lipinski definition) is 6. The Balaban J connectivity index is 2.75. The van der Waals surface area contributed by atoms with Gasteiger partial charge in [0.2, 0.25) is 5.79 Å². The van der Waals surface area contributed by atoms with E-state index in [4.69, 9.17) is 15.2 Å². The third kappa shape index (κ3) is 5.68. The first-order chi connectivity index (χ1) is 11.9. The van der Waals surface area contributed by atoms with Crippen LogP contribution in [0.15, 0.2) is 0 Å². The molecule has 7 N–H and O–H groups in total. The Hall–Kier alpha value is -1.14. The molecule has 0 radical (unpaired) electrons. The molecule has 1 aliphatic heterocycles. The van der Waals surface area contributed by atoms with E-state index in [2.05, 4.69) is 0 Å². The molecule has 1 heterocycles. The maximum absolute atomic E-state index is 11.6. The summed E-state index contributed by atoms with van der Waals surface area (Å²) in [6, 6.07) is -1.26. The van der Waals surface area contributed by atoms with Gasteiger partial charge < -0.3 is 40.7 Å². The van der Waals surface area contributed by atoms with Crippen molar-refractivity contribution in [2.45, 2.75) is 76.0 Å². The van der Waals surface area contributed by atoms with Gasteiger partial charge in [0.05, 0.1) is 30.5 Å². The zero-order valence-electron chi connectivity index (χ0n) is 15.1. The largest absolute Gasteiger partial charge is 0.462 e. The molecule has 8 atom stereocenters. The summed E-state index contributed by atoms with van der Waals surface area (Å²) in [5.41, 5.74) is 5.41. The third-order valence-corrected chi connectivity index (χ3v) is 4.53. The second kappa shape index (κ2) is 9.18. The third-order valence-electron chi connectivity index (χ3n) is 4.53. The smallest absolute Gasteiger partial charge is 0.325 e. The van der Waals surface area contributed by atoms with Gasteiger partial charge in [0.1, 0.15) is 12.6 Å². The standard InChI is InChI=1S/C16H29NO9/c1-7(18)13-11(22)5-16(24,9(3)20)26-12(13)4-10(21)6-25-15(23)14(17)8(2)19/h7-8,10-14,18-19,21-22,24H,4-6,17H2,1-3H3/t7-,8+,10+,11?,12?,13?,14-,16?/m1/s1. The van der Waals surface area contributed by atoms with Crippen molar-refractivity contribution in [1.29, 1.82) is 0 Å². The van der Waals surface area contributed by atoms with Crippen molar-refractivity contribution in [1.82, 2.24) is 0 Å². The first kappa shape index (κ1) is 22.9. The van der Waals surface area contributed by atoms with E-state index in [0.717, 1.165) is 6.92 Å². The highest BCUT2D eigenvalue weighted by molar-refractivity contribution is 5.83. The number of aliphatic hydroxyl groups excluding tert-OH is 4. The molecule has 1 fully saturated rings. The van der Waals surface area contributed by atoms with Crippen LogP contribution in [0.1, 0.15) is 33.6 Å². The van der Waals surface area contributed by atoms with E-state index in [-0.39, 0.29) is 6.42 Å². The molecule has 0 aliphatic carbocycles. The number of esters is 1. The van der Waals surface area contributed by atoms with E-state index < -0.39 is 73.0 Å². The molecule has 1 saturated heterocycles. The van der Waals surface area contributed by atoms with Crippen molar-refractivity contribution in [3.63, 3.8) is 0 Å². The molecule has 152 valence electrons. The molecule has 1 aliphatic rings. The molecule has 10 heteroatoms. The second-order valence-corrected chi connectivity index (χ2v) is 6.87. The minimum atomic E-state index is -2.22. The number of ether oxygens (including phenoxy) is 2. The van der Waals surface area contributed by atoms with E-state index in [9.17, 15) is 35.1 Å². The van der Waals surface area contributed by atoms with Gasteiger partial charge in [0, 0.05) is 25.7 Å². The zero-order chi connectivity index (χ0) is 20.2. The van der Waals surface area contributed by atoms with Crippen molar-refractivity contribution in [2.24, 2.45) is 11.7 Å². The minimum absolute atomic E-state index is 0.223. The molecule has 0 amide bonds. The van der Waals surface area contributed by atoms with E-state index in [0.29, 0.717) is 0 Å². The van der Waals surface area contributed by atoms with Gasteiger partial charge in [-0.05, 0) is 13.8 Å². The Bertz CT molecular complexity index is 498. The van der Waals surface area contributed by atoms with Gasteiger partial charge in [-0.1, -0.05) is 0 Å². The quantitative estimate of drug-likeness (QED) is 0.245. The number of hydrogen-bond acceptors (Lipinski definition) is 10. The Morgan fingerprint density at radius 3 is 2.35 bits per heavy atom. The van der Waals surface area contributed by atoms with Gasteiger partial charge in [-0.25, -0.2) is 0 Å². The predicted octanol–water partition coefficient (Wildman–Crippen LogP) is -2.59. The van der Waals surface area contributed by atoms with Crippen molar-refractivity contribution in [3.05, 3.63) is 0 Å². The van der Waals surface area contributed by atoms with Crippen LogP contribution < -0.4 is 5.73 Å². The SMILES string of the molecule is CC(=O)C1(O)CC(O)C([C@@H](C)O)C(C[C@H](O)COC(=O)[C@H](N)[C@H](C)O)O1. The maximum atomic E-state index is 11.6. The molecule has 1 rings (SSSR count). The average molecular weight is 379 g/mol. The molecule has 0 aromatic heterocycles. The van der Waals surface area contributed by atoms with Crippen LogP contribution in [0.25, 0.3) is 0 Å². The molecular formula is C16H29NO9. The summed E-state index contributed by atoms with van der Waals surface area (Å²) < 4.78 is 10.2. The van der Waals surface area contributed by atoms with Crippen molar-refractivity contribution < 1.29 is 44.6 Å². The molecule has 10 nitrogen and oxygen atoms in total. The summed E-state index contributed by atoms with van der Waals surface area (Å²) in [6.45, 7) is 3.36. The number of rotatable bonds is 8. The van der Waals surface area contributed by atoms with Crippen molar-refractivity contribution >= 4 is 11.8 Å². The number of ketones is 1. The molecule has 0 aromatic carbocycles. The van der Waals surface area contributed by atoms with Crippen LogP contribution in [0.5, 0.6) is 0 Å². The highest BCUT2D eigenvalue weighted by Gasteiger charge is 2.50. The minimum Gasteiger partial charge on any atom is -0.462 e. The fourth-order valence-corrected chi connectivity index (χ4v) is 2.92. The summed E-state index contributed by atoms with van der Waals surface area (Å²) in [5, 5.41) is 49.6. The average Bonchev–Trinajstić information content (AvgIpc) is 2.50. The van der Waals surface area contributed by atoms with Gasteiger partial charge >= 0.3 is 5.97 Å². The Morgan fingerprint density at radius 1 is 1.31 bits per heavy atom.